The monoisotopic (exact) mass is 277 g/mol. The molecule has 1 unspecified atom stereocenters. The molecule has 0 fully saturated rings. The number of nitrogen functional groups attached to an aromatic ring is 1. The first-order valence-corrected chi connectivity index (χ1v) is 7.04. The first-order chi connectivity index (χ1) is 10.3. The zero-order chi connectivity index (χ0) is 14.2. The number of fused-ring (bicyclic) bond motifs is 1. The van der Waals surface area contributed by atoms with E-state index in [1.165, 1.54) is 11.1 Å². The van der Waals surface area contributed by atoms with Crippen molar-refractivity contribution in [2.75, 3.05) is 5.73 Å². The molecule has 104 valence electrons. The maximum atomic E-state index is 5.68. The van der Waals surface area contributed by atoms with Crippen LogP contribution in [0.5, 0.6) is 0 Å². The molecule has 0 saturated carbocycles. The Morgan fingerprint density at radius 2 is 1.90 bits per heavy atom. The van der Waals surface area contributed by atoms with Crippen LogP contribution in [-0.2, 0) is 12.8 Å². The predicted molar refractivity (Wildman–Crippen MR) is 79.9 cm³/mol. The molecule has 4 nitrogen and oxygen atoms in total. The molecule has 0 bridgehead atoms. The van der Waals surface area contributed by atoms with Crippen LogP contribution >= 0.6 is 0 Å². The molecule has 1 aliphatic rings. The summed E-state index contributed by atoms with van der Waals surface area (Å²) in [4.78, 5) is 4.54. The van der Waals surface area contributed by atoms with E-state index < -0.39 is 0 Å². The molecule has 1 heterocycles. The molecule has 2 aromatic carbocycles. The second kappa shape index (κ2) is 4.74. The fourth-order valence-corrected chi connectivity index (χ4v) is 2.78. The molecule has 4 heteroatoms. The lowest BCUT2D eigenvalue weighted by molar-refractivity contribution is 0.376. The highest BCUT2D eigenvalue weighted by molar-refractivity contribution is 5.44. The van der Waals surface area contributed by atoms with Gasteiger partial charge in [0.05, 0.1) is 12.3 Å². The molecule has 4 rings (SSSR count). The summed E-state index contributed by atoms with van der Waals surface area (Å²) < 4.78 is 5.38. The second-order valence-corrected chi connectivity index (χ2v) is 5.42. The average Bonchev–Trinajstić information content (AvgIpc) is 2.91. The van der Waals surface area contributed by atoms with E-state index in [2.05, 4.69) is 34.4 Å². The Bertz CT molecular complexity index is 777. The molecule has 2 N–H and O–H groups in total. The summed E-state index contributed by atoms with van der Waals surface area (Å²) in [5.41, 5.74) is 10.3. The highest BCUT2D eigenvalue weighted by atomic mass is 16.5. The number of hydrogen-bond donors (Lipinski definition) is 1. The Labute approximate surface area is 122 Å². The molecule has 0 radical (unpaired) electrons. The van der Waals surface area contributed by atoms with Gasteiger partial charge in [0.25, 0.3) is 0 Å². The average molecular weight is 277 g/mol. The molecule has 1 aliphatic carbocycles. The van der Waals surface area contributed by atoms with Gasteiger partial charge in [-0.2, -0.15) is 4.98 Å². The normalized spacial score (nSPS) is 16.3. The maximum Gasteiger partial charge on any atom is 0.231 e. The Morgan fingerprint density at radius 1 is 1.10 bits per heavy atom. The number of aromatic nitrogens is 2. The van der Waals surface area contributed by atoms with Crippen molar-refractivity contribution in [1.82, 2.24) is 10.1 Å². The van der Waals surface area contributed by atoms with Gasteiger partial charge in [-0.15, -0.1) is 0 Å². The van der Waals surface area contributed by atoms with E-state index in [0.717, 1.165) is 23.5 Å². The van der Waals surface area contributed by atoms with Crippen molar-refractivity contribution < 1.29 is 4.52 Å². The highest BCUT2D eigenvalue weighted by Crippen LogP contribution is 2.38. The summed E-state index contributed by atoms with van der Waals surface area (Å²) in [6.45, 7) is 0. The van der Waals surface area contributed by atoms with Crippen LogP contribution < -0.4 is 5.73 Å². The molecule has 0 amide bonds. The SMILES string of the molecule is Nc1ccc(Cc2nc(C3Cc4ccccc43)no2)cc1. The Kier molecular flexibility index (Phi) is 2.74. The summed E-state index contributed by atoms with van der Waals surface area (Å²) in [6.07, 6.45) is 1.64. The van der Waals surface area contributed by atoms with Gasteiger partial charge in [-0.25, -0.2) is 0 Å². The van der Waals surface area contributed by atoms with Crippen molar-refractivity contribution in [1.29, 1.82) is 0 Å². The standard InChI is InChI=1S/C17H15N3O/c18-13-7-5-11(6-8-13)9-16-19-17(20-21-16)15-10-12-3-1-2-4-14(12)15/h1-8,15H,9-10,18H2. The number of nitrogens with zero attached hydrogens (tertiary/aromatic N) is 2. The van der Waals surface area contributed by atoms with Gasteiger partial charge in [0.15, 0.2) is 5.82 Å². The van der Waals surface area contributed by atoms with Crippen LogP contribution in [0.15, 0.2) is 53.1 Å². The van der Waals surface area contributed by atoms with Gasteiger partial charge in [0.1, 0.15) is 0 Å². The van der Waals surface area contributed by atoms with Crippen LogP contribution in [-0.4, -0.2) is 10.1 Å². The van der Waals surface area contributed by atoms with Crippen molar-refractivity contribution >= 4 is 5.69 Å². The van der Waals surface area contributed by atoms with Crippen LogP contribution in [0.1, 0.15) is 34.3 Å². The summed E-state index contributed by atoms with van der Waals surface area (Å²) >= 11 is 0. The van der Waals surface area contributed by atoms with Crippen molar-refractivity contribution in [2.45, 2.75) is 18.8 Å². The minimum atomic E-state index is 0.283. The fourth-order valence-electron chi connectivity index (χ4n) is 2.78. The van der Waals surface area contributed by atoms with Crippen molar-refractivity contribution in [2.24, 2.45) is 0 Å². The topological polar surface area (TPSA) is 64.9 Å². The molecule has 0 saturated heterocycles. The van der Waals surface area contributed by atoms with E-state index in [0.29, 0.717) is 12.3 Å². The van der Waals surface area contributed by atoms with Crippen LogP contribution in [0, 0.1) is 0 Å². The van der Waals surface area contributed by atoms with Crippen LogP contribution in [0.3, 0.4) is 0 Å². The molecule has 1 atom stereocenters. The van der Waals surface area contributed by atoms with E-state index >= 15 is 0 Å². The predicted octanol–water partition coefficient (Wildman–Crippen LogP) is 2.93. The minimum Gasteiger partial charge on any atom is -0.399 e. The Hall–Kier alpha value is -2.62. The van der Waals surface area contributed by atoms with E-state index in [1.54, 1.807) is 0 Å². The summed E-state index contributed by atoms with van der Waals surface area (Å²) in [7, 11) is 0. The summed E-state index contributed by atoms with van der Waals surface area (Å²) in [5, 5.41) is 4.14. The van der Waals surface area contributed by atoms with Gasteiger partial charge >= 0.3 is 0 Å². The number of hydrogen-bond acceptors (Lipinski definition) is 4. The third-order valence-electron chi connectivity index (χ3n) is 3.99. The molecule has 1 aromatic heterocycles. The van der Waals surface area contributed by atoms with Gasteiger partial charge in [0.2, 0.25) is 5.89 Å². The number of rotatable bonds is 3. The zero-order valence-corrected chi connectivity index (χ0v) is 11.5. The van der Waals surface area contributed by atoms with E-state index in [9.17, 15) is 0 Å². The van der Waals surface area contributed by atoms with Crippen molar-refractivity contribution in [3.8, 4) is 0 Å². The minimum absolute atomic E-state index is 0.283. The van der Waals surface area contributed by atoms with Crippen molar-refractivity contribution in [3.63, 3.8) is 0 Å². The van der Waals surface area contributed by atoms with Crippen LogP contribution in [0.2, 0.25) is 0 Å². The summed E-state index contributed by atoms with van der Waals surface area (Å²) in [6, 6.07) is 16.2. The lowest BCUT2D eigenvalue weighted by Crippen LogP contribution is -2.19. The molecular formula is C17H15N3O. The lowest BCUT2D eigenvalue weighted by atomic mass is 9.77. The first kappa shape index (κ1) is 12.1. The highest BCUT2D eigenvalue weighted by Gasteiger charge is 2.30. The quantitative estimate of drug-likeness (QED) is 0.747. The smallest absolute Gasteiger partial charge is 0.231 e. The summed E-state index contributed by atoms with van der Waals surface area (Å²) in [5.74, 6) is 1.73. The van der Waals surface area contributed by atoms with E-state index in [4.69, 9.17) is 10.3 Å². The molecule has 3 aromatic rings. The Morgan fingerprint density at radius 3 is 2.71 bits per heavy atom. The van der Waals surface area contributed by atoms with Crippen LogP contribution in [0.4, 0.5) is 5.69 Å². The lowest BCUT2D eigenvalue weighted by Gasteiger charge is -2.27. The van der Waals surface area contributed by atoms with Gasteiger partial charge < -0.3 is 10.3 Å². The molecule has 0 spiro atoms. The number of benzene rings is 2. The first-order valence-electron chi connectivity index (χ1n) is 7.04. The van der Waals surface area contributed by atoms with Crippen LogP contribution in [0.25, 0.3) is 0 Å². The number of nitrogens with two attached hydrogens (primary N) is 1. The van der Waals surface area contributed by atoms with Crippen molar-refractivity contribution in [3.05, 3.63) is 76.9 Å². The van der Waals surface area contributed by atoms with Gasteiger partial charge in [-0.1, -0.05) is 41.6 Å². The van der Waals surface area contributed by atoms with E-state index in [-0.39, 0.29) is 5.92 Å². The fraction of sp³-hybridized carbons (Fsp3) is 0.176. The second-order valence-electron chi connectivity index (χ2n) is 5.42. The number of anilines is 1. The zero-order valence-electron chi connectivity index (χ0n) is 11.5. The van der Waals surface area contributed by atoms with Gasteiger partial charge in [-0.3, -0.25) is 0 Å². The molecule has 21 heavy (non-hydrogen) atoms. The van der Waals surface area contributed by atoms with E-state index in [1.807, 2.05) is 24.3 Å². The largest absolute Gasteiger partial charge is 0.399 e. The molecular weight excluding hydrogens is 262 g/mol. The van der Waals surface area contributed by atoms with Gasteiger partial charge in [0, 0.05) is 5.69 Å². The third kappa shape index (κ3) is 2.18. The Balaban J connectivity index is 1.53. The maximum absolute atomic E-state index is 5.68. The third-order valence-corrected chi connectivity index (χ3v) is 3.99. The molecule has 0 aliphatic heterocycles. The van der Waals surface area contributed by atoms with Gasteiger partial charge in [-0.05, 0) is 35.2 Å².